The van der Waals surface area contributed by atoms with E-state index in [9.17, 15) is 15.2 Å². The van der Waals surface area contributed by atoms with Crippen LogP contribution in [0.25, 0.3) is 0 Å². The molecule has 2 N–H and O–H groups in total. The molecule has 0 radical (unpaired) electrons. The first-order chi connectivity index (χ1) is 11.4. The van der Waals surface area contributed by atoms with Crippen LogP contribution in [0, 0.1) is 32.1 Å². The zero-order valence-electron chi connectivity index (χ0n) is 13.7. The molecule has 0 bridgehead atoms. The first-order valence-electron chi connectivity index (χ1n) is 7.37. The Kier molecular flexibility index (Phi) is 5.11. The maximum Gasteiger partial charge on any atom is 0.281 e. The van der Waals surface area contributed by atoms with Gasteiger partial charge in [0.15, 0.2) is 5.69 Å². The standard InChI is InChI=1S/C17H18N4O3/c1-10-4-5-14(11(2)8-10)19-20-15-12(3)13(9-18)16(23)21(6-7-22)17(15)24/h4-5,8,22-23H,6-7H2,1-3H3. The molecule has 0 spiro atoms. The molecule has 0 saturated carbocycles. The van der Waals surface area contributed by atoms with Crippen LogP contribution in [0.4, 0.5) is 11.4 Å². The van der Waals surface area contributed by atoms with Gasteiger partial charge in [0.1, 0.15) is 11.6 Å². The number of aryl methyl sites for hydroxylation is 2. The Morgan fingerprint density at radius 1 is 1.25 bits per heavy atom. The Morgan fingerprint density at radius 2 is 1.96 bits per heavy atom. The largest absolute Gasteiger partial charge is 0.493 e. The molecular weight excluding hydrogens is 308 g/mol. The Labute approximate surface area is 139 Å². The highest BCUT2D eigenvalue weighted by molar-refractivity contribution is 5.57. The maximum absolute atomic E-state index is 12.5. The van der Waals surface area contributed by atoms with Crippen molar-refractivity contribution in [3.63, 3.8) is 0 Å². The number of hydrogen-bond donors (Lipinski definition) is 2. The fourth-order valence-electron chi connectivity index (χ4n) is 2.39. The van der Waals surface area contributed by atoms with Crippen LogP contribution in [0.5, 0.6) is 5.88 Å². The monoisotopic (exact) mass is 326 g/mol. The summed E-state index contributed by atoms with van der Waals surface area (Å²) in [5, 5.41) is 36.4. The molecule has 124 valence electrons. The first kappa shape index (κ1) is 17.4. The van der Waals surface area contributed by atoms with Crippen molar-refractivity contribution >= 4 is 11.4 Å². The van der Waals surface area contributed by atoms with Gasteiger partial charge in [-0.1, -0.05) is 17.7 Å². The molecule has 0 aliphatic heterocycles. The average molecular weight is 326 g/mol. The van der Waals surface area contributed by atoms with Gasteiger partial charge in [-0.25, -0.2) is 0 Å². The quantitative estimate of drug-likeness (QED) is 0.841. The van der Waals surface area contributed by atoms with E-state index in [2.05, 4.69) is 10.2 Å². The number of nitrogens with zero attached hydrogens (tertiary/aromatic N) is 4. The molecule has 0 aliphatic rings. The molecule has 0 atom stereocenters. The van der Waals surface area contributed by atoms with E-state index < -0.39 is 11.4 Å². The van der Waals surface area contributed by atoms with Gasteiger partial charge in [-0.05, 0) is 32.4 Å². The number of azo groups is 1. The summed E-state index contributed by atoms with van der Waals surface area (Å²) in [4.78, 5) is 12.5. The van der Waals surface area contributed by atoms with Gasteiger partial charge in [-0.3, -0.25) is 9.36 Å². The van der Waals surface area contributed by atoms with E-state index in [-0.39, 0.29) is 30.0 Å². The minimum absolute atomic E-state index is 0.0298. The number of aromatic hydroxyl groups is 1. The molecule has 1 aromatic carbocycles. The third kappa shape index (κ3) is 3.19. The van der Waals surface area contributed by atoms with Crippen molar-refractivity contribution in [3.8, 4) is 11.9 Å². The number of hydrogen-bond acceptors (Lipinski definition) is 6. The lowest BCUT2D eigenvalue weighted by Crippen LogP contribution is -2.23. The molecular formula is C17H18N4O3. The van der Waals surface area contributed by atoms with Crippen molar-refractivity contribution in [1.82, 2.24) is 4.57 Å². The van der Waals surface area contributed by atoms with E-state index in [0.29, 0.717) is 5.69 Å². The molecule has 7 heteroatoms. The minimum atomic E-state index is -0.605. The summed E-state index contributed by atoms with van der Waals surface area (Å²) in [6, 6.07) is 7.48. The Hall–Kier alpha value is -2.98. The number of rotatable bonds is 4. The summed E-state index contributed by atoms with van der Waals surface area (Å²) in [5.74, 6) is -0.473. The van der Waals surface area contributed by atoms with Crippen LogP contribution in [0.3, 0.4) is 0 Å². The summed E-state index contributed by atoms with van der Waals surface area (Å²) >= 11 is 0. The van der Waals surface area contributed by atoms with E-state index in [1.807, 2.05) is 32.0 Å². The number of aliphatic hydroxyl groups excluding tert-OH is 1. The zero-order valence-corrected chi connectivity index (χ0v) is 13.7. The predicted molar refractivity (Wildman–Crippen MR) is 89.0 cm³/mol. The molecule has 1 heterocycles. The van der Waals surface area contributed by atoms with Crippen LogP contribution in [0.1, 0.15) is 22.3 Å². The van der Waals surface area contributed by atoms with E-state index in [4.69, 9.17) is 5.11 Å². The number of aliphatic hydroxyl groups is 1. The second-order valence-corrected chi connectivity index (χ2v) is 5.45. The molecule has 0 fully saturated rings. The van der Waals surface area contributed by atoms with Crippen LogP contribution >= 0.6 is 0 Å². The van der Waals surface area contributed by atoms with Crippen molar-refractivity contribution in [2.45, 2.75) is 27.3 Å². The first-order valence-corrected chi connectivity index (χ1v) is 7.37. The fraction of sp³-hybridized carbons (Fsp3) is 0.294. The minimum Gasteiger partial charge on any atom is -0.493 e. The van der Waals surface area contributed by atoms with Crippen molar-refractivity contribution in [3.05, 3.63) is 50.8 Å². The summed E-state index contributed by atoms with van der Waals surface area (Å²) in [5.41, 5.74) is 2.17. The van der Waals surface area contributed by atoms with Crippen molar-refractivity contribution < 1.29 is 10.2 Å². The van der Waals surface area contributed by atoms with Crippen molar-refractivity contribution in [2.24, 2.45) is 10.2 Å². The van der Waals surface area contributed by atoms with E-state index in [0.717, 1.165) is 15.7 Å². The van der Waals surface area contributed by atoms with Crippen LogP contribution < -0.4 is 5.56 Å². The van der Waals surface area contributed by atoms with Crippen LogP contribution in [-0.4, -0.2) is 21.4 Å². The smallest absolute Gasteiger partial charge is 0.281 e. The summed E-state index contributed by atoms with van der Waals surface area (Å²) in [7, 11) is 0. The van der Waals surface area contributed by atoms with E-state index >= 15 is 0 Å². The van der Waals surface area contributed by atoms with Gasteiger partial charge in [0.25, 0.3) is 5.56 Å². The van der Waals surface area contributed by atoms with Gasteiger partial charge in [-0.2, -0.15) is 10.4 Å². The molecule has 0 saturated heterocycles. The zero-order chi connectivity index (χ0) is 17.9. The van der Waals surface area contributed by atoms with Crippen LogP contribution in [0.15, 0.2) is 33.2 Å². The van der Waals surface area contributed by atoms with Gasteiger partial charge in [-0.15, -0.1) is 5.11 Å². The Bertz CT molecular complexity index is 908. The molecule has 1 aromatic heterocycles. The number of aromatic nitrogens is 1. The van der Waals surface area contributed by atoms with Crippen LogP contribution in [-0.2, 0) is 6.54 Å². The summed E-state index contributed by atoms with van der Waals surface area (Å²) in [6.45, 7) is 4.89. The summed E-state index contributed by atoms with van der Waals surface area (Å²) < 4.78 is 0.919. The lowest BCUT2D eigenvalue weighted by atomic mass is 10.1. The second-order valence-electron chi connectivity index (χ2n) is 5.45. The molecule has 2 rings (SSSR count). The van der Waals surface area contributed by atoms with Crippen molar-refractivity contribution in [1.29, 1.82) is 5.26 Å². The number of benzene rings is 1. The van der Waals surface area contributed by atoms with Gasteiger partial charge >= 0.3 is 0 Å². The normalized spacial score (nSPS) is 11.0. The van der Waals surface area contributed by atoms with E-state index in [1.165, 1.54) is 6.92 Å². The molecule has 2 aromatic rings. The van der Waals surface area contributed by atoms with E-state index in [1.54, 1.807) is 6.07 Å². The van der Waals surface area contributed by atoms with Gasteiger partial charge in [0, 0.05) is 5.56 Å². The Morgan fingerprint density at radius 3 is 2.54 bits per heavy atom. The molecule has 0 unspecified atom stereocenters. The summed E-state index contributed by atoms with van der Waals surface area (Å²) in [6.07, 6.45) is 0. The maximum atomic E-state index is 12.5. The lowest BCUT2D eigenvalue weighted by Gasteiger charge is -2.11. The predicted octanol–water partition coefficient (Wildman–Crippen LogP) is 2.76. The van der Waals surface area contributed by atoms with Gasteiger partial charge < -0.3 is 10.2 Å². The number of pyridine rings is 1. The van der Waals surface area contributed by atoms with Gasteiger partial charge in [0.05, 0.1) is 18.8 Å². The third-order valence-corrected chi connectivity index (χ3v) is 3.70. The molecule has 0 aliphatic carbocycles. The SMILES string of the molecule is Cc1ccc(N=Nc2c(C)c(C#N)c(O)n(CCO)c2=O)c(C)c1. The van der Waals surface area contributed by atoms with Gasteiger partial charge in [0.2, 0.25) is 5.88 Å². The fourth-order valence-corrected chi connectivity index (χ4v) is 2.39. The molecule has 24 heavy (non-hydrogen) atoms. The average Bonchev–Trinajstić information content (AvgIpc) is 2.53. The highest BCUT2D eigenvalue weighted by atomic mass is 16.3. The topological polar surface area (TPSA) is 111 Å². The highest BCUT2D eigenvalue weighted by Crippen LogP contribution is 2.27. The second kappa shape index (κ2) is 7.06. The highest BCUT2D eigenvalue weighted by Gasteiger charge is 2.18. The number of nitriles is 1. The van der Waals surface area contributed by atoms with Crippen molar-refractivity contribution in [2.75, 3.05) is 6.61 Å². The Balaban J connectivity index is 2.62. The molecule has 7 nitrogen and oxygen atoms in total. The molecule has 0 amide bonds. The van der Waals surface area contributed by atoms with Crippen LogP contribution in [0.2, 0.25) is 0 Å². The lowest BCUT2D eigenvalue weighted by molar-refractivity contribution is 0.263. The third-order valence-electron chi connectivity index (χ3n) is 3.70.